The molecular formula is C23H18Cl2N2O2S. The molecule has 1 heterocycles. The van der Waals surface area contributed by atoms with E-state index in [2.05, 4.69) is 5.32 Å². The van der Waals surface area contributed by atoms with Crippen LogP contribution >= 0.6 is 35.0 Å². The van der Waals surface area contributed by atoms with Gasteiger partial charge in [-0.1, -0.05) is 47.5 Å². The van der Waals surface area contributed by atoms with Gasteiger partial charge in [0.25, 0.3) is 5.91 Å². The topological polar surface area (TPSA) is 49.4 Å². The number of anilines is 2. The first-order valence-electron chi connectivity index (χ1n) is 9.29. The Morgan fingerprint density at radius 1 is 1.07 bits per heavy atom. The van der Waals surface area contributed by atoms with E-state index in [0.29, 0.717) is 27.0 Å². The molecule has 4 nitrogen and oxygen atoms in total. The highest BCUT2D eigenvalue weighted by molar-refractivity contribution is 8.00. The molecule has 0 aromatic heterocycles. The smallest absolute Gasteiger partial charge is 0.257 e. The predicted molar refractivity (Wildman–Crippen MR) is 125 cm³/mol. The van der Waals surface area contributed by atoms with Crippen LogP contribution in [0.4, 0.5) is 11.4 Å². The van der Waals surface area contributed by atoms with E-state index in [1.807, 2.05) is 60.4 Å². The first kappa shape index (κ1) is 20.8. The summed E-state index contributed by atoms with van der Waals surface area (Å²) in [6, 6.07) is 20.2. The number of halogens is 2. The van der Waals surface area contributed by atoms with Crippen molar-refractivity contribution in [1.29, 1.82) is 0 Å². The molecule has 1 saturated heterocycles. The Hall–Kier alpha value is -2.47. The molecular weight excluding hydrogens is 439 g/mol. The molecule has 3 aromatic carbocycles. The highest BCUT2D eigenvalue weighted by atomic mass is 35.5. The minimum Gasteiger partial charge on any atom is -0.322 e. The normalized spacial score (nSPS) is 16.0. The first-order valence-corrected chi connectivity index (χ1v) is 11.1. The summed E-state index contributed by atoms with van der Waals surface area (Å²) >= 11 is 13.6. The van der Waals surface area contributed by atoms with Gasteiger partial charge in [0.15, 0.2) is 0 Å². The molecule has 1 aliphatic rings. The maximum Gasteiger partial charge on any atom is 0.257 e. The second kappa shape index (κ2) is 8.72. The summed E-state index contributed by atoms with van der Waals surface area (Å²) in [5, 5.41) is 3.48. The zero-order chi connectivity index (χ0) is 21.3. The van der Waals surface area contributed by atoms with Gasteiger partial charge in [0.05, 0.1) is 16.3 Å². The van der Waals surface area contributed by atoms with E-state index >= 15 is 0 Å². The number of amides is 2. The third kappa shape index (κ3) is 4.33. The summed E-state index contributed by atoms with van der Waals surface area (Å²) < 4.78 is 0. The van der Waals surface area contributed by atoms with Crippen molar-refractivity contribution in [2.75, 3.05) is 16.0 Å². The zero-order valence-corrected chi connectivity index (χ0v) is 18.4. The Morgan fingerprint density at radius 3 is 2.63 bits per heavy atom. The van der Waals surface area contributed by atoms with Gasteiger partial charge >= 0.3 is 0 Å². The second-order valence-electron chi connectivity index (χ2n) is 6.97. The fourth-order valence-corrected chi connectivity index (χ4v) is 5.03. The fourth-order valence-electron chi connectivity index (χ4n) is 3.37. The summed E-state index contributed by atoms with van der Waals surface area (Å²) in [7, 11) is 0. The van der Waals surface area contributed by atoms with Crippen molar-refractivity contribution < 1.29 is 9.59 Å². The summed E-state index contributed by atoms with van der Waals surface area (Å²) in [6.45, 7) is 2.00. The van der Waals surface area contributed by atoms with Crippen molar-refractivity contribution in [3.63, 3.8) is 0 Å². The van der Waals surface area contributed by atoms with Gasteiger partial charge in [0.1, 0.15) is 5.37 Å². The van der Waals surface area contributed by atoms with Crippen LogP contribution in [-0.4, -0.2) is 17.6 Å². The Labute approximate surface area is 189 Å². The largest absolute Gasteiger partial charge is 0.322 e. The van der Waals surface area contributed by atoms with Crippen LogP contribution in [0.15, 0.2) is 66.7 Å². The van der Waals surface area contributed by atoms with Gasteiger partial charge in [-0.3, -0.25) is 14.5 Å². The average molecular weight is 457 g/mol. The minimum atomic E-state index is -0.320. The fraction of sp³-hybridized carbons (Fsp3) is 0.130. The molecule has 7 heteroatoms. The number of nitrogens with one attached hydrogen (secondary N) is 1. The SMILES string of the molecule is Cc1cccc(N2C(=O)CS[C@H]2c2cccc(NC(=O)c3ccc(Cl)cc3Cl)c2)c1. The van der Waals surface area contributed by atoms with Crippen LogP contribution in [0.2, 0.25) is 10.0 Å². The third-order valence-electron chi connectivity index (χ3n) is 4.75. The molecule has 0 spiro atoms. The Balaban J connectivity index is 1.59. The lowest BCUT2D eigenvalue weighted by Crippen LogP contribution is -2.27. The number of carbonyl (C=O) groups excluding carboxylic acids is 2. The van der Waals surface area contributed by atoms with E-state index in [9.17, 15) is 9.59 Å². The number of nitrogens with zero attached hydrogens (tertiary/aromatic N) is 1. The van der Waals surface area contributed by atoms with Crippen LogP contribution in [0.3, 0.4) is 0 Å². The van der Waals surface area contributed by atoms with E-state index in [1.54, 1.807) is 23.9 Å². The molecule has 30 heavy (non-hydrogen) atoms. The highest BCUT2D eigenvalue weighted by Crippen LogP contribution is 2.42. The first-order chi connectivity index (χ1) is 14.4. The van der Waals surface area contributed by atoms with Crippen molar-refractivity contribution in [1.82, 2.24) is 0 Å². The monoisotopic (exact) mass is 456 g/mol. The van der Waals surface area contributed by atoms with Crippen LogP contribution in [-0.2, 0) is 4.79 Å². The molecule has 1 N–H and O–H groups in total. The molecule has 0 saturated carbocycles. The number of hydrogen-bond acceptors (Lipinski definition) is 3. The minimum absolute atomic E-state index is 0.0676. The molecule has 4 rings (SSSR count). The van der Waals surface area contributed by atoms with Crippen molar-refractivity contribution in [2.24, 2.45) is 0 Å². The molecule has 0 radical (unpaired) electrons. The number of hydrogen-bond donors (Lipinski definition) is 1. The van der Waals surface area contributed by atoms with E-state index in [1.165, 1.54) is 6.07 Å². The predicted octanol–water partition coefficient (Wildman–Crippen LogP) is 6.33. The Kier molecular flexibility index (Phi) is 6.04. The van der Waals surface area contributed by atoms with Crippen LogP contribution in [0.5, 0.6) is 0 Å². The lowest BCUT2D eigenvalue weighted by atomic mass is 10.1. The second-order valence-corrected chi connectivity index (χ2v) is 8.88. The number of benzene rings is 3. The molecule has 3 aromatic rings. The number of carbonyl (C=O) groups is 2. The molecule has 0 bridgehead atoms. The Bertz CT molecular complexity index is 1140. The molecule has 1 atom stereocenters. The van der Waals surface area contributed by atoms with Gasteiger partial charge in [-0.2, -0.15) is 0 Å². The van der Waals surface area contributed by atoms with Crippen LogP contribution < -0.4 is 10.2 Å². The molecule has 0 aliphatic carbocycles. The van der Waals surface area contributed by atoms with Crippen molar-refractivity contribution in [3.05, 3.63) is 93.5 Å². The molecule has 1 fully saturated rings. The number of thioether (sulfide) groups is 1. The number of aryl methyl sites for hydroxylation is 1. The van der Waals surface area contributed by atoms with Crippen molar-refractivity contribution >= 4 is 58.2 Å². The lowest BCUT2D eigenvalue weighted by Gasteiger charge is -2.25. The lowest BCUT2D eigenvalue weighted by molar-refractivity contribution is -0.115. The highest BCUT2D eigenvalue weighted by Gasteiger charge is 2.34. The summed E-state index contributed by atoms with van der Waals surface area (Å²) in [4.78, 5) is 27.1. The average Bonchev–Trinajstić information content (AvgIpc) is 3.09. The molecule has 1 aliphatic heterocycles. The summed E-state index contributed by atoms with van der Waals surface area (Å²) in [6.07, 6.45) is 0. The van der Waals surface area contributed by atoms with E-state index in [-0.39, 0.29) is 17.2 Å². The van der Waals surface area contributed by atoms with E-state index in [0.717, 1.165) is 16.8 Å². The summed E-state index contributed by atoms with van der Waals surface area (Å²) in [5.41, 5.74) is 3.88. The van der Waals surface area contributed by atoms with Gasteiger partial charge in [-0.05, 0) is 60.5 Å². The molecule has 152 valence electrons. The van der Waals surface area contributed by atoms with Gasteiger partial charge in [-0.15, -0.1) is 11.8 Å². The quantitative estimate of drug-likeness (QED) is 0.498. The summed E-state index contributed by atoms with van der Waals surface area (Å²) in [5.74, 6) is 0.160. The maximum absolute atomic E-state index is 12.6. The van der Waals surface area contributed by atoms with Crippen molar-refractivity contribution in [2.45, 2.75) is 12.3 Å². The third-order valence-corrected chi connectivity index (χ3v) is 6.51. The van der Waals surface area contributed by atoms with Crippen LogP contribution in [0.25, 0.3) is 0 Å². The van der Waals surface area contributed by atoms with Gasteiger partial charge < -0.3 is 5.32 Å². The van der Waals surface area contributed by atoms with Gasteiger partial charge in [0.2, 0.25) is 5.91 Å². The number of rotatable bonds is 4. The Morgan fingerprint density at radius 2 is 1.87 bits per heavy atom. The molecule has 2 amide bonds. The van der Waals surface area contributed by atoms with Gasteiger partial charge in [-0.25, -0.2) is 0 Å². The maximum atomic E-state index is 12.6. The van der Waals surface area contributed by atoms with Gasteiger partial charge in [0, 0.05) is 16.4 Å². The van der Waals surface area contributed by atoms with E-state index < -0.39 is 0 Å². The van der Waals surface area contributed by atoms with Crippen LogP contribution in [0.1, 0.15) is 26.9 Å². The standard InChI is InChI=1S/C23H18Cl2N2O2S/c1-14-4-2-7-18(10-14)27-21(28)13-30-23(27)15-5-3-6-17(11-15)26-22(29)19-9-8-16(24)12-20(19)25/h2-12,23H,13H2,1H3,(H,26,29)/t23-/m0/s1. The van der Waals surface area contributed by atoms with E-state index in [4.69, 9.17) is 23.2 Å². The van der Waals surface area contributed by atoms with Crippen molar-refractivity contribution in [3.8, 4) is 0 Å². The van der Waals surface area contributed by atoms with Crippen LogP contribution in [0, 0.1) is 6.92 Å². The molecule has 0 unspecified atom stereocenters. The zero-order valence-electron chi connectivity index (χ0n) is 16.1.